The Bertz CT molecular complexity index is 588. The Balaban J connectivity index is 3.12. The number of anilines is 1. The van der Waals surface area contributed by atoms with Crippen molar-refractivity contribution in [2.75, 3.05) is 18.9 Å². The SMILES string of the molecule is CCC(N)CNc1ccc(S(=O)(=O)NC)cc1[N+](=O)[O-]. The molecule has 0 amide bonds. The molecule has 0 bridgehead atoms. The number of nitro groups is 1. The van der Waals surface area contributed by atoms with E-state index in [9.17, 15) is 18.5 Å². The first kappa shape index (κ1) is 16.3. The topological polar surface area (TPSA) is 127 Å². The zero-order chi connectivity index (χ0) is 15.3. The summed E-state index contributed by atoms with van der Waals surface area (Å²) in [6.45, 7) is 2.28. The molecule has 1 unspecified atom stereocenters. The molecule has 0 fully saturated rings. The van der Waals surface area contributed by atoms with Crippen LogP contribution in [0.15, 0.2) is 23.1 Å². The molecule has 0 aromatic heterocycles. The average molecular weight is 302 g/mol. The second-order valence-electron chi connectivity index (χ2n) is 4.19. The summed E-state index contributed by atoms with van der Waals surface area (Å²) < 4.78 is 25.4. The lowest BCUT2D eigenvalue weighted by molar-refractivity contribution is -0.384. The Morgan fingerprint density at radius 3 is 2.60 bits per heavy atom. The highest BCUT2D eigenvalue weighted by Crippen LogP contribution is 2.27. The molecule has 0 aliphatic heterocycles. The molecule has 1 aromatic carbocycles. The smallest absolute Gasteiger partial charge is 0.293 e. The van der Waals surface area contributed by atoms with Crippen molar-refractivity contribution < 1.29 is 13.3 Å². The van der Waals surface area contributed by atoms with Crippen LogP contribution in [0.1, 0.15) is 13.3 Å². The van der Waals surface area contributed by atoms with Crippen molar-refractivity contribution in [3.8, 4) is 0 Å². The van der Waals surface area contributed by atoms with Crippen LogP contribution in [-0.2, 0) is 10.0 Å². The van der Waals surface area contributed by atoms with E-state index in [0.29, 0.717) is 6.54 Å². The van der Waals surface area contributed by atoms with Gasteiger partial charge in [-0.1, -0.05) is 6.92 Å². The van der Waals surface area contributed by atoms with Crippen molar-refractivity contribution in [3.05, 3.63) is 28.3 Å². The van der Waals surface area contributed by atoms with Crippen LogP contribution in [0, 0.1) is 10.1 Å². The third kappa shape index (κ3) is 3.89. The van der Waals surface area contributed by atoms with E-state index in [2.05, 4.69) is 10.0 Å². The van der Waals surface area contributed by atoms with E-state index in [-0.39, 0.29) is 22.3 Å². The van der Waals surface area contributed by atoms with E-state index in [1.807, 2.05) is 6.92 Å². The van der Waals surface area contributed by atoms with Crippen LogP contribution in [0.3, 0.4) is 0 Å². The van der Waals surface area contributed by atoms with Crippen LogP contribution >= 0.6 is 0 Å². The molecule has 0 aliphatic rings. The molecule has 0 spiro atoms. The normalized spacial score (nSPS) is 12.9. The van der Waals surface area contributed by atoms with Gasteiger partial charge >= 0.3 is 0 Å². The van der Waals surface area contributed by atoms with Gasteiger partial charge in [-0.15, -0.1) is 0 Å². The minimum Gasteiger partial charge on any atom is -0.378 e. The summed E-state index contributed by atoms with van der Waals surface area (Å²) in [5.74, 6) is 0. The van der Waals surface area contributed by atoms with Crippen molar-refractivity contribution >= 4 is 21.4 Å². The summed E-state index contributed by atoms with van der Waals surface area (Å²) in [4.78, 5) is 10.2. The summed E-state index contributed by atoms with van der Waals surface area (Å²) >= 11 is 0. The first-order valence-corrected chi connectivity index (χ1v) is 7.51. The molecule has 4 N–H and O–H groups in total. The van der Waals surface area contributed by atoms with Gasteiger partial charge in [-0.25, -0.2) is 13.1 Å². The Morgan fingerprint density at radius 2 is 2.10 bits per heavy atom. The van der Waals surface area contributed by atoms with Crippen LogP contribution < -0.4 is 15.8 Å². The first-order chi connectivity index (χ1) is 9.31. The van der Waals surface area contributed by atoms with Crippen molar-refractivity contribution in [3.63, 3.8) is 0 Å². The minimum atomic E-state index is -3.71. The second-order valence-corrected chi connectivity index (χ2v) is 6.08. The van der Waals surface area contributed by atoms with Crippen molar-refractivity contribution in [1.82, 2.24) is 4.72 Å². The fourth-order valence-electron chi connectivity index (χ4n) is 1.48. The van der Waals surface area contributed by atoms with Gasteiger partial charge in [0, 0.05) is 18.7 Å². The first-order valence-electron chi connectivity index (χ1n) is 6.03. The molecule has 8 nitrogen and oxygen atoms in total. The molecule has 1 atom stereocenters. The zero-order valence-electron chi connectivity index (χ0n) is 11.3. The van der Waals surface area contributed by atoms with Crippen LogP contribution in [-0.4, -0.2) is 33.0 Å². The van der Waals surface area contributed by atoms with Crippen LogP contribution in [0.2, 0.25) is 0 Å². The van der Waals surface area contributed by atoms with Crippen molar-refractivity contribution in [1.29, 1.82) is 0 Å². The summed E-state index contributed by atoms with van der Waals surface area (Å²) in [5, 5.41) is 13.9. The monoisotopic (exact) mass is 302 g/mol. The van der Waals surface area contributed by atoms with E-state index >= 15 is 0 Å². The number of benzene rings is 1. The number of sulfonamides is 1. The van der Waals surface area contributed by atoms with E-state index in [4.69, 9.17) is 5.73 Å². The maximum Gasteiger partial charge on any atom is 0.293 e. The molecule has 0 heterocycles. The molecule has 20 heavy (non-hydrogen) atoms. The van der Waals surface area contributed by atoms with Gasteiger partial charge in [0.05, 0.1) is 9.82 Å². The standard InChI is InChI=1S/C11H18N4O4S/c1-3-8(12)7-14-10-5-4-9(20(18,19)13-2)6-11(10)15(16)17/h4-6,8,13-14H,3,7,12H2,1-2H3. The lowest BCUT2D eigenvalue weighted by atomic mass is 10.2. The molecular formula is C11H18N4O4S. The zero-order valence-corrected chi connectivity index (χ0v) is 12.1. The number of hydrogen-bond donors (Lipinski definition) is 3. The van der Waals surface area contributed by atoms with Gasteiger partial charge in [-0.2, -0.15) is 0 Å². The van der Waals surface area contributed by atoms with Gasteiger partial charge in [-0.05, 0) is 25.6 Å². The maximum absolute atomic E-state index is 11.6. The fourth-order valence-corrected chi connectivity index (χ4v) is 2.23. The molecular weight excluding hydrogens is 284 g/mol. The highest BCUT2D eigenvalue weighted by atomic mass is 32.2. The Morgan fingerprint density at radius 1 is 1.45 bits per heavy atom. The van der Waals surface area contributed by atoms with E-state index in [1.165, 1.54) is 19.2 Å². The molecule has 9 heteroatoms. The molecule has 0 radical (unpaired) electrons. The van der Waals surface area contributed by atoms with Gasteiger partial charge < -0.3 is 11.1 Å². The van der Waals surface area contributed by atoms with Crippen molar-refractivity contribution in [2.24, 2.45) is 5.73 Å². The van der Waals surface area contributed by atoms with Gasteiger partial charge in [0.2, 0.25) is 10.0 Å². The van der Waals surface area contributed by atoms with E-state index < -0.39 is 14.9 Å². The van der Waals surface area contributed by atoms with E-state index in [1.54, 1.807) is 0 Å². The van der Waals surface area contributed by atoms with Gasteiger partial charge in [0.1, 0.15) is 5.69 Å². The summed E-state index contributed by atoms with van der Waals surface area (Å²) in [7, 11) is -2.47. The third-order valence-electron chi connectivity index (χ3n) is 2.82. The highest BCUT2D eigenvalue weighted by molar-refractivity contribution is 7.89. The number of nitrogens with two attached hydrogens (primary N) is 1. The Hall–Kier alpha value is -1.71. The summed E-state index contributed by atoms with van der Waals surface area (Å²) in [6.07, 6.45) is 0.729. The quantitative estimate of drug-likeness (QED) is 0.501. The fraction of sp³-hybridized carbons (Fsp3) is 0.455. The molecule has 112 valence electrons. The summed E-state index contributed by atoms with van der Waals surface area (Å²) in [5.41, 5.74) is 5.67. The molecule has 1 rings (SSSR count). The van der Waals surface area contributed by atoms with Crippen molar-refractivity contribution in [2.45, 2.75) is 24.3 Å². The minimum absolute atomic E-state index is 0.129. The largest absolute Gasteiger partial charge is 0.378 e. The maximum atomic E-state index is 11.6. The van der Waals surface area contributed by atoms with Gasteiger partial charge in [0.25, 0.3) is 5.69 Å². The number of rotatable bonds is 7. The highest BCUT2D eigenvalue weighted by Gasteiger charge is 2.20. The Kier molecular flexibility index (Phi) is 5.43. The second kappa shape index (κ2) is 6.64. The van der Waals surface area contributed by atoms with Gasteiger partial charge in [0.15, 0.2) is 0 Å². The third-order valence-corrected chi connectivity index (χ3v) is 4.24. The predicted molar refractivity (Wildman–Crippen MR) is 76.1 cm³/mol. The molecule has 0 aliphatic carbocycles. The molecule has 1 aromatic rings. The van der Waals surface area contributed by atoms with E-state index in [0.717, 1.165) is 12.5 Å². The number of nitrogens with zero attached hydrogens (tertiary/aromatic N) is 1. The molecule has 0 saturated carbocycles. The molecule has 0 saturated heterocycles. The number of nitro benzene ring substituents is 1. The predicted octanol–water partition coefficient (Wildman–Crippen LogP) is 0.652. The van der Waals surface area contributed by atoms with Crippen LogP contribution in [0.4, 0.5) is 11.4 Å². The van der Waals surface area contributed by atoms with Gasteiger partial charge in [-0.3, -0.25) is 10.1 Å². The number of hydrogen-bond acceptors (Lipinski definition) is 6. The van der Waals surface area contributed by atoms with Crippen LogP contribution in [0.25, 0.3) is 0 Å². The average Bonchev–Trinajstić information content (AvgIpc) is 2.44. The van der Waals surface area contributed by atoms with Crippen LogP contribution in [0.5, 0.6) is 0 Å². The number of nitrogens with one attached hydrogen (secondary N) is 2. The summed E-state index contributed by atoms with van der Waals surface area (Å²) in [6, 6.07) is 3.56. The lowest BCUT2D eigenvalue weighted by Crippen LogP contribution is -2.28. The lowest BCUT2D eigenvalue weighted by Gasteiger charge is -2.12. The Labute approximate surface area is 117 Å².